The van der Waals surface area contributed by atoms with Crippen LogP contribution in [0.3, 0.4) is 0 Å². The second kappa shape index (κ2) is 8.45. The van der Waals surface area contributed by atoms with E-state index in [-0.39, 0.29) is 12.6 Å². The van der Waals surface area contributed by atoms with Crippen molar-refractivity contribution in [1.29, 1.82) is 0 Å². The summed E-state index contributed by atoms with van der Waals surface area (Å²) in [4.78, 5) is 4.09. The van der Waals surface area contributed by atoms with Crippen molar-refractivity contribution in [2.24, 2.45) is 0 Å². The van der Waals surface area contributed by atoms with Gasteiger partial charge in [0.1, 0.15) is 30.9 Å². The maximum absolute atomic E-state index is 12.2. The normalized spacial score (nSPS) is 12.5. The Balaban J connectivity index is 1.71. The van der Waals surface area contributed by atoms with Gasteiger partial charge >= 0.3 is 0 Å². The Morgan fingerprint density at radius 1 is 1.07 bits per heavy atom. The molecular formula is C19H18ClFN6O. The first-order chi connectivity index (χ1) is 13.8. The lowest BCUT2D eigenvalue weighted by Gasteiger charge is -2.18. The molecule has 0 saturated heterocycles. The molecule has 0 aliphatic heterocycles. The molecule has 0 amide bonds. The Bertz CT molecular complexity index is 1030. The van der Waals surface area contributed by atoms with Crippen LogP contribution in [0.25, 0.3) is 11.0 Å². The van der Waals surface area contributed by atoms with Crippen LogP contribution in [0, 0.1) is 0 Å². The van der Waals surface area contributed by atoms with Crippen molar-refractivity contribution in [3.05, 3.63) is 71.3 Å². The minimum atomic E-state index is -0.497. The molecule has 9 heteroatoms. The number of hydrogen-bond donors (Lipinski definition) is 0. The van der Waals surface area contributed by atoms with Gasteiger partial charge in [-0.1, -0.05) is 35.0 Å². The molecule has 0 aliphatic rings. The Morgan fingerprint density at radius 3 is 2.64 bits per heavy atom. The molecule has 0 radical (unpaired) electrons. The first-order valence-electron chi connectivity index (χ1n) is 8.82. The third-order valence-corrected chi connectivity index (χ3v) is 4.66. The first kappa shape index (κ1) is 18.5. The van der Waals surface area contributed by atoms with Crippen LogP contribution in [0.2, 0.25) is 5.02 Å². The standard InChI is InChI=1S/C19H18ClFN6O/c20-16-4-1-14(2-5-16)19(27-13-22-12-23-27)15-3-6-17-18(11-15)26(25-24-17)8-10-28-9-7-21/h1-6,11-13,19H,7-10H2/t19-/m0/s1/i21-1. The molecule has 0 unspecified atom stereocenters. The molecule has 4 aromatic rings. The van der Waals surface area contributed by atoms with Gasteiger partial charge in [-0.15, -0.1) is 5.10 Å². The second-order valence-electron chi connectivity index (χ2n) is 6.19. The third-order valence-electron chi connectivity index (χ3n) is 4.41. The zero-order valence-corrected chi connectivity index (χ0v) is 15.7. The molecule has 0 aliphatic carbocycles. The maximum Gasteiger partial charge on any atom is 0.137 e. The quantitative estimate of drug-likeness (QED) is 0.425. The molecule has 0 bridgehead atoms. The van der Waals surface area contributed by atoms with Crippen molar-refractivity contribution in [1.82, 2.24) is 29.8 Å². The summed E-state index contributed by atoms with van der Waals surface area (Å²) in [6.45, 7) is 0.455. The number of hydrogen-bond acceptors (Lipinski definition) is 5. The largest absolute Gasteiger partial charge is 0.377 e. The van der Waals surface area contributed by atoms with Gasteiger partial charge in [0.2, 0.25) is 0 Å². The Morgan fingerprint density at radius 2 is 1.89 bits per heavy atom. The van der Waals surface area contributed by atoms with Crippen molar-refractivity contribution in [3.63, 3.8) is 0 Å². The lowest BCUT2D eigenvalue weighted by Crippen LogP contribution is -2.13. The second-order valence-corrected chi connectivity index (χ2v) is 6.63. The average Bonchev–Trinajstić information content (AvgIpc) is 3.37. The summed E-state index contributed by atoms with van der Waals surface area (Å²) in [6, 6.07) is 13.4. The van der Waals surface area contributed by atoms with Crippen molar-refractivity contribution >= 4 is 22.6 Å². The molecule has 0 fully saturated rings. The van der Waals surface area contributed by atoms with E-state index >= 15 is 0 Å². The van der Waals surface area contributed by atoms with E-state index in [9.17, 15) is 4.39 Å². The lowest BCUT2D eigenvalue weighted by molar-refractivity contribution is 0.110. The van der Waals surface area contributed by atoms with Crippen LogP contribution < -0.4 is 0 Å². The molecule has 7 nitrogen and oxygen atoms in total. The molecule has 2 aromatic heterocycles. The summed E-state index contributed by atoms with van der Waals surface area (Å²) in [5.41, 5.74) is 3.69. The van der Waals surface area contributed by atoms with E-state index in [0.29, 0.717) is 18.2 Å². The van der Waals surface area contributed by atoms with Gasteiger partial charge in [0.15, 0.2) is 0 Å². The van der Waals surface area contributed by atoms with Gasteiger partial charge in [-0.25, -0.2) is 18.7 Å². The van der Waals surface area contributed by atoms with Gasteiger partial charge in [0.25, 0.3) is 0 Å². The Labute approximate surface area is 165 Å². The summed E-state index contributed by atoms with van der Waals surface area (Å²) in [5, 5.41) is 13.4. The number of benzene rings is 2. The van der Waals surface area contributed by atoms with Gasteiger partial charge in [-0.3, -0.25) is 0 Å². The molecule has 28 heavy (non-hydrogen) atoms. The van der Waals surface area contributed by atoms with E-state index in [4.69, 9.17) is 16.3 Å². The third kappa shape index (κ3) is 3.88. The monoisotopic (exact) mass is 399 g/mol. The number of halogens is 2. The highest BCUT2D eigenvalue weighted by Gasteiger charge is 2.19. The van der Waals surface area contributed by atoms with Crippen molar-refractivity contribution in [2.75, 3.05) is 19.9 Å². The van der Waals surface area contributed by atoms with Gasteiger partial charge in [-0.2, -0.15) is 5.10 Å². The summed E-state index contributed by atoms with van der Waals surface area (Å²) < 4.78 is 21.0. The average molecular weight is 400 g/mol. The van der Waals surface area contributed by atoms with Crippen LogP contribution in [0.1, 0.15) is 17.2 Å². The molecule has 0 spiro atoms. The van der Waals surface area contributed by atoms with Crippen LogP contribution in [0.15, 0.2) is 55.1 Å². The van der Waals surface area contributed by atoms with Crippen LogP contribution in [0.4, 0.5) is 4.39 Å². The maximum atomic E-state index is 12.2. The van der Waals surface area contributed by atoms with Crippen molar-refractivity contribution in [2.45, 2.75) is 12.6 Å². The van der Waals surface area contributed by atoms with E-state index in [1.165, 1.54) is 6.33 Å². The molecule has 0 N–H and O–H groups in total. The fourth-order valence-corrected chi connectivity index (χ4v) is 3.24. The van der Waals surface area contributed by atoms with Gasteiger partial charge in [0, 0.05) is 5.02 Å². The fraction of sp³-hybridized carbons (Fsp3) is 0.263. The fourth-order valence-electron chi connectivity index (χ4n) is 3.12. The van der Waals surface area contributed by atoms with E-state index in [0.717, 1.165) is 22.2 Å². The highest BCUT2D eigenvalue weighted by atomic mass is 35.5. The number of fused-ring (bicyclic) bond motifs is 1. The zero-order valence-electron chi connectivity index (χ0n) is 14.9. The van der Waals surface area contributed by atoms with E-state index in [1.54, 1.807) is 15.7 Å². The highest BCUT2D eigenvalue weighted by Crippen LogP contribution is 2.28. The van der Waals surface area contributed by atoms with E-state index in [1.807, 2.05) is 42.5 Å². The van der Waals surface area contributed by atoms with Gasteiger partial charge in [0.05, 0.1) is 25.3 Å². The molecule has 4 rings (SSSR count). The predicted octanol–water partition coefficient (Wildman–Crippen LogP) is 3.30. The van der Waals surface area contributed by atoms with Crippen LogP contribution >= 0.6 is 11.6 Å². The number of rotatable bonds is 8. The van der Waals surface area contributed by atoms with Crippen LogP contribution in [-0.2, 0) is 11.3 Å². The molecule has 2 aromatic carbocycles. The van der Waals surface area contributed by atoms with Gasteiger partial charge in [-0.05, 0) is 35.4 Å². The summed E-state index contributed by atoms with van der Waals surface area (Å²) in [5.74, 6) is 0. The van der Waals surface area contributed by atoms with E-state index < -0.39 is 6.67 Å². The lowest BCUT2D eigenvalue weighted by atomic mass is 9.98. The molecule has 1 atom stereocenters. The number of ether oxygens (including phenoxy) is 1. The van der Waals surface area contributed by atoms with Crippen molar-refractivity contribution < 1.29 is 9.13 Å². The number of alkyl halides is 1. The molecule has 0 saturated carbocycles. The highest BCUT2D eigenvalue weighted by molar-refractivity contribution is 6.30. The smallest absolute Gasteiger partial charge is 0.137 e. The molecule has 144 valence electrons. The SMILES string of the molecule is [18F]CCOCCn1nnc2ccc([C@H](c3ccc(Cl)cc3)n3cncn3)cc21. The topological polar surface area (TPSA) is 70.7 Å². The Hall–Kier alpha value is -2.84. The summed E-state index contributed by atoms with van der Waals surface area (Å²) in [6.07, 6.45) is 3.19. The Kier molecular flexibility index (Phi) is 5.59. The van der Waals surface area contributed by atoms with Crippen LogP contribution in [0.5, 0.6) is 0 Å². The minimum Gasteiger partial charge on any atom is -0.377 e. The first-order valence-corrected chi connectivity index (χ1v) is 9.20. The minimum absolute atomic E-state index is 0.0861. The van der Waals surface area contributed by atoms with Crippen LogP contribution in [-0.4, -0.2) is 49.6 Å². The van der Waals surface area contributed by atoms with E-state index in [2.05, 4.69) is 20.4 Å². The van der Waals surface area contributed by atoms with Gasteiger partial charge < -0.3 is 4.74 Å². The predicted molar refractivity (Wildman–Crippen MR) is 103 cm³/mol. The number of nitrogens with zero attached hydrogens (tertiary/aromatic N) is 6. The molecule has 2 heterocycles. The zero-order chi connectivity index (χ0) is 19.3. The summed E-state index contributed by atoms with van der Waals surface area (Å²) >= 11 is 6.05. The number of aromatic nitrogens is 6. The van der Waals surface area contributed by atoms with Crippen molar-refractivity contribution in [3.8, 4) is 0 Å². The summed E-state index contributed by atoms with van der Waals surface area (Å²) in [7, 11) is 0. The molecular weight excluding hydrogens is 382 g/mol.